The summed E-state index contributed by atoms with van der Waals surface area (Å²) >= 11 is 0. The van der Waals surface area contributed by atoms with E-state index in [1.807, 2.05) is 0 Å². The molecule has 1 amide bonds. The number of aliphatic hydroxyl groups excluding tert-OH is 2. The molecule has 0 radical (unpaired) electrons. The monoisotopic (exact) mass is 257 g/mol. The predicted octanol–water partition coefficient (Wildman–Crippen LogP) is 0.452. The van der Waals surface area contributed by atoms with Crippen LogP contribution in [0.15, 0.2) is 18.2 Å². The number of hydrogen-bond acceptors (Lipinski definition) is 4. The van der Waals surface area contributed by atoms with Gasteiger partial charge in [-0.2, -0.15) is 0 Å². The van der Waals surface area contributed by atoms with E-state index in [1.54, 1.807) is 0 Å². The maximum Gasteiger partial charge on any atom is 0.216 e. The molecule has 0 aliphatic rings. The number of rotatable bonds is 5. The van der Waals surface area contributed by atoms with E-state index in [9.17, 15) is 24.5 Å². The number of aliphatic hydroxyl groups is 2. The van der Waals surface area contributed by atoms with Gasteiger partial charge < -0.3 is 20.6 Å². The average Bonchev–Trinajstić information content (AvgIpc) is 2.30. The van der Waals surface area contributed by atoms with Gasteiger partial charge >= 0.3 is 0 Å². The number of aromatic hydroxyl groups is 1. The number of benzene rings is 1. The van der Waals surface area contributed by atoms with Crippen molar-refractivity contribution in [1.29, 1.82) is 0 Å². The molecule has 4 N–H and O–H groups in total. The lowest BCUT2D eigenvalue weighted by atomic mass is 10.0. The number of carbonyl (C=O) groups excluding carboxylic acids is 1. The lowest BCUT2D eigenvalue weighted by Crippen LogP contribution is -2.27. The molecule has 1 aromatic carbocycles. The van der Waals surface area contributed by atoms with E-state index in [0.29, 0.717) is 0 Å². The molecule has 2 atom stereocenters. The number of phenols is 1. The number of amides is 1. The molecule has 0 bridgehead atoms. The zero-order valence-electron chi connectivity index (χ0n) is 9.93. The molecule has 0 saturated heterocycles. The molecule has 1 aromatic rings. The van der Waals surface area contributed by atoms with Crippen LogP contribution in [-0.2, 0) is 4.79 Å². The molecule has 5 nitrogen and oxygen atoms in total. The second-order valence-corrected chi connectivity index (χ2v) is 3.99. The zero-order chi connectivity index (χ0) is 13.7. The maximum atomic E-state index is 13.0. The largest absolute Gasteiger partial charge is 0.508 e. The first kappa shape index (κ1) is 14.4. The first-order valence-corrected chi connectivity index (χ1v) is 5.50. The van der Waals surface area contributed by atoms with Gasteiger partial charge in [0, 0.05) is 19.0 Å². The third-order valence-corrected chi connectivity index (χ3v) is 2.49. The normalized spacial score (nSPS) is 14.0. The molecule has 0 spiro atoms. The van der Waals surface area contributed by atoms with Crippen molar-refractivity contribution in [3.8, 4) is 5.75 Å². The molecule has 0 aliphatic carbocycles. The van der Waals surface area contributed by atoms with Crippen LogP contribution in [0.3, 0.4) is 0 Å². The number of nitrogens with one attached hydrogen (secondary N) is 1. The van der Waals surface area contributed by atoms with Gasteiger partial charge in [-0.3, -0.25) is 4.79 Å². The van der Waals surface area contributed by atoms with Crippen LogP contribution < -0.4 is 5.32 Å². The van der Waals surface area contributed by atoms with E-state index in [-0.39, 0.29) is 30.2 Å². The van der Waals surface area contributed by atoms with Gasteiger partial charge in [0.05, 0.1) is 6.10 Å². The summed E-state index contributed by atoms with van der Waals surface area (Å²) in [6, 6.07) is 3.12. The highest BCUT2D eigenvalue weighted by Gasteiger charge is 2.21. The minimum atomic E-state index is -1.41. The Morgan fingerprint density at radius 1 is 1.44 bits per heavy atom. The summed E-state index contributed by atoms with van der Waals surface area (Å²) in [6.07, 6.45) is -2.52. The van der Waals surface area contributed by atoms with Crippen LogP contribution >= 0.6 is 0 Å². The highest BCUT2D eigenvalue weighted by Crippen LogP contribution is 2.27. The van der Waals surface area contributed by atoms with Crippen molar-refractivity contribution in [2.45, 2.75) is 25.6 Å². The Morgan fingerprint density at radius 3 is 2.72 bits per heavy atom. The van der Waals surface area contributed by atoms with Crippen LogP contribution in [-0.4, -0.2) is 33.9 Å². The second-order valence-electron chi connectivity index (χ2n) is 3.99. The molecule has 18 heavy (non-hydrogen) atoms. The smallest absolute Gasteiger partial charge is 0.216 e. The quantitative estimate of drug-likeness (QED) is 0.616. The first-order chi connectivity index (χ1) is 8.41. The van der Waals surface area contributed by atoms with Gasteiger partial charge in [0.2, 0.25) is 5.91 Å². The van der Waals surface area contributed by atoms with Crippen LogP contribution in [0.5, 0.6) is 5.75 Å². The fourth-order valence-corrected chi connectivity index (χ4v) is 1.52. The second kappa shape index (κ2) is 6.32. The molecule has 6 heteroatoms. The van der Waals surface area contributed by atoms with Gasteiger partial charge in [-0.05, 0) is 24.6 Å². The summed E-state index contributed by atoms with van der Waals surface area (Å²) in [7, 11) is 0. The van der Waals surface area contributed by atoms with Gasteiger partial charge in [0.15, 0.2) is 0 Å². The summed E-state index contributed by atoms with van der Waals surface area (Å²) in [5, 5.41) is 31.4. The summed E-state index contributed by atoms with van der Waals surface area (Å²) in [5.41, 5.74) is -0.0784. The third-order valence-electron chi connectivity index (χ3n) is 2.49. The van der Waals surface area contributed by atoms with Gasteiger partial charge in [-0.15, -0.1) is 0 Å². The third kappa shape index (κ3) is 3.97. The molecule has 1 rings (SSSR count). The van der Waals surface area contributed by atoms with E-state index in [1.165, 1.54) is 6.92 Å². The molecule has 100 valence electrons. The summed E-state index contributed by atoms with van der Waals surface area (Å²) in [5.74, 6) is -1.15. The standard InChI is InChI=1S/C12H16FNO4/c1-7(15)14-5-4-11(17)12(18)9-6-8(13)2-3-10(9)16/h2-3,6,11-12,16-18H,4-5H2,1H3,(H,14,15). The van der Waals surface area contributed by atoms with Gasteiger partial charge in [-0.1, -0.05) is 0 Å². The van der Waals surface area contributed by atoms with Crippen LogP contribution in [0.2, 0.25) is 0 Å². The van der Waals surface area contributed by atoms with E-state index in [4.69, 9.17) is 0 Å². The summed E-state index contributed by atoms with van der Waals surface area (Å²) < 4.78 is 13.0. The van der Waals surface area contributed by atoms with Crippen molar-refractivity contribution in [3.05, 3.63) is 29.6 Å². The molecule has 0 aromatic heterocycles. The Morgan fingerprint density at radius 2 is 2.11 bits per heavy atom. The Balaban J connectivity index is 2.64. The first-order valence-electron chi connectivity index (χ1n) is 5.50. The van der Waals surface area contributed by atoms with Crippen molar-refractivity contribution < 1.29 is 24.5 Å². The van der Waals surface area contributed by atoms with E-state index < -0.39 is 18.0 Å². The van der Waals surface area contributed by atoms with Gasteiger partial charge in [0.1, 0.15) is 17.7 Å². The summed E-state index contributed by atoms with van der Waals surface area (Å²) in [6.45, 7) is 1.52. The topological polar surface area (TPSA) is 89.8 Å². The van der Waals surface area contributed by atoms with Gasteiger partial charge in [0.25, 0.3) is 0 Å². The molecule has 2 unspecified atom stereocenters. The van der Waals surface area contributed by atoms with Crippen molar-refractivity contribution >= 4 is 5.91 Å². The fourth-order valence-electron chi connectivity index (χ4n) is 1.52. The number of phenolic OH excluding ortho intramolecular Hbond substituents is 1. The highest BCUT2D eigenvalue weighted by atomic mass is 19.1. The molecule has 0 aliphatic heterocycles. The Hall–Kier alpha value is -1.66. The fraction of sp³-hybridized carbons (Fsp3) is 0.417. The Labute approximate surface area is 104 Å². The van der Waals surface area contributed by atoms with E-state index in [0.717, 1.165) is 18.2 Å². The predicted molar refractivity (Wildman–Crippen MR) is 62.3 cm³/mol. The van der Waals surface area contributed by atoms with Crippen LogP contribution in [0, 0.1) is 5.82 Å². The number of carbonyl (C=O) groups is 1. The zero-order valence-corrected chi connectivity index (χ0v) is 9.93. The lowest BCUT2D eigenvalue weighted by molar-refractivity contribution is -0.119. The van der Waals surface area contributed by atoms with E-state index >= 15 is 0 Å². The molecule has 0 fully saturated rings. The van der Waals surface area contributed by atoms with Crippen molar-refractivity contribution in [2.75, 3.05) is 6.54 Å². The average molecular weight is 257 g/mol. The van der Waals surface area contributed by atoms with Crippen molar-refractivity contribution in [1.82, 2.24) is 5.32 Å². The molecule has 0 saturated carbocycles. The minimum absolute atomic E-state index is 0.0784. The van der Waals surface area contributed by atoms with E-state index in [2.05, 4.69) is 5.32 Å². The highest BCUT2D eigenvalue weighted by molar-refractivity contribution is 5.72. The lowest BCUT2D eigenvalue weighted by Gasteiger charge is -2.19. The van der Waals surface area contributed by atoms with Crippen LogP contribution in [0.25, 0.3) is 0 Å². The molecule has 0 heterocycles. The minimum Gasteiger partial charge on any atom is -0.508 e. The SMILES string of the molecule is CC(=O)NCCC(O)C(O)c1cc(F)ccc1O. The van der Waals surface area contributed by atoms with Crippen molar-refractivity contribution in [3.63, 3.8) is 0 Å². The summed E-state index contributed by atoms with van der Waals surface area (Å²) in [4.78, 5) is 10.6. The van der Waals surface area contributed by atoms with Crippen molar-refractivity contribution in [2.24, 2.45) is 0 Å². The molecular weight excluding hydrogens is 241 g/mol. The number of halogens is 1. The van der Waals surface area contributed by atoms with Crippen LogP contribution in [0.4, 0.5) is 4.39 Å². The number of hydrogen-bond donors (Lipinski definition) is 4. The maximum absolute atomic E-state index is 13.0. The molecular formula is C12H16FNO4. The van der Waals surface area contributed by atoms with Crippen LogP contribution in [0.1, 0.15) is 25.0 Å². The Kier molecular flexibility index (Phi) is 5.06. The van der Waals surface area contributed by atoms with Gasteiger partial charge in [-0.25, -0.2) is 4.39 Å². The Bertz CT molecular complexity index is 425.